The van der Waals surface area contributed by atoms with Gasteiger partial charge in [0.1, 0.15) is 0 Å². The van der Waals surface area contributed by atoms with Crippen molar-refractivity contribution in [2.45, 2.75) is 76.9 Å². The van der Waals surface area contributed by atoms with Gasteiger partial charge in [-0.3, -0.25) is 9.69 Å². The van der Waals surface area contributed by atoms with Gasteiger partial charge in [-0.25, -0.2) is 0 Å². The van der Waals surface area contributed by atoms with Crippen molar-refractivity contribution in [3.8, 4) is 0 Å². The van der Waals surface area contributed by atoms with E-state index in [2.05, 4.69) is 29.4 Å². The lowest BCUT2D eigenvalue weighted by atomic mass is 10.0. The Kier molecular flexibility index (Phi) is 6.30. The minimum absolute atomic E-state index is 0.202. The van der Waals surface area contributed by atoms with E-state index in [0.717, 1.165) is 25.9 Å². The molecular weight excluding hydrogens is 250 g/mol. The Bertz CT molecular complexity index is 298. The largest absolute Gasteiger partial charge is 0.353 e. The molecule has 1 aliphatic carbocycles. The molecule has 0 aromatic carbocycles. The smallest absolute Gasteiger partial charge is 0.234 e. The molecule has 0 spiro atoms. The van der Waals surface area contributed by atoms with Gasteiger partial charge >= 0.3 is 0 Å². The molecule has 2 unspecified atom stereocenters. The number of piperidine rings is 1. The Hall–Kier alpha value is -0.610. The van der Waals surface area contributed by atoms with Crippen molar-refractivity contribution in [1.29, 1.82) is 0 Å². The molecule has 116 valence electrons. The normalized spacial score (nSPS) is 24.6. The van der Waals surface area contributed by atoms with Crippen LogP contribution in [0.3, 0.4) is 0 Å². The summed E-state index contributed by atoms with van der Waals surface area (Å²) in [6.07, 6.45) is 8.62. The molecule has 2 fully saturated rings. The van der Waals surface area contributed by atoms with Crippen LogP contribution in [-0.2, 0) is 4.79 Å². The Balaban J connectivity index is 1.75. The summed E-state index contributed by atoms with van der Waals surface area (Å²) in [5, 5.41) is 6.72. The van der Waals surface area contributed by atoms with Gasteiger partial charge in [-0.1, -0.05) is 19.8 Å². The summed E-state index contributed by atoms with van der Waals surface area (Å²) in [4.78, 5) is 14.5. The lowest BCUT2D eigenvalue weighted by Crippen LogP contribution is -2.48. The van der Waals surface area contributed by atoms with Crippen LogP contribution in [0.1, 0.15) is 58.8 Å². The van der Waals surface area contributed by atoms with E-state index < -0.39 is 0 Å². The third-order valence-corrected chi connectivity index (χ3v) is 4.41. The average Bonchev–Trinajstić information content (AvgIpc) is 3.23. The predicted molar refractivity (Wildman–Crippen MR) is 82.7 cm³/mol. The molecule has 1 saturated heterocycles. The zero-order valence-electron chi connectivity index (χ0n) is 13.2. The monoisotopic (exact) mass is 281 g/mol. The van der Waals surface area contributed by atoms with Crippen LogP contribution in [-0.4, -0.2) is 48.6 Å². The van der Waals surface area contributed by atoms with Gasteiger partial charge in [0.05, 0.1) is 6.54 Å². The maximum atomic E-state index is 12.1. The van der Waals surface area contributed by atoms with Gasteiger partial charge in [-0.15, -0.1) is 0 Å². The van der Waals surface area contributed by atoms with Crippen LogP contribution in [0.4, 0.5) is 0 Å². The van der Waals surface area contributed by atoms with Crippen LogP contribution in [0.2, 0.25) is 0 Å². The quantitative estimate of drug-likeness (QED) is 0.714. The SMILES string of the molecule is CCCC(C)NC(=O)CN(CC1CCCCN1)C1CC1. The molecule has 2 rings (SSSR count). The summed E-state index contributed by atoms with van der Waals surface area (Å²) in [6, 6.07) is 1.55. The van der Waals surface area contributed by atoms with Crippen LogP contribution >= 0.6 is 0 Å². The van der Waals surface area contributed by atoms with Gasteiger partial charge in [0.25, 0.3) is 0 Å². The number of hydrogen-bond acceptors (Lipinski definition) is 3. The Morgan fingerprint density at radius 3 is 2.75 bits per heavy atom. The Morgan fingerprint density at radius 1 is 1.35 bits per heavy atom. The second-order valence-corrected chi connectivity index (χ2v) is 6.56. The summed E-state index contributed by atoms with van der Waals surface area (Å²) in [5.74, 6) is 0.202. The van der Waals surface area contributed by atoms with E-state index in [1.807, 2.05) is 0 Å². The van der Waals surface area contributed by atoms with Crippen LogP contribution < -0.4 is 10.6 Å². The highest BCUT2D eigenvalue weighted by molar-refractivity contribution is 5.78. The lowest BCUT2D eigenvalue weighted by Gasteiger charge is -2.30. The van der Waals surface area contributed by atoms with Gasteiger partial charge in [0.15, 0.2) is 0 Å². The number of amides is 1. The summed E-state index contributed by atoms with van der Waals surface area (Å²) < 4.78 is 0. The van der Waals surface area contributed by atoms with E-state index in [4.69, 9.17) is 0 Å². The van der Waals surface area contributed by atoms with E-state index in [1.165, 1.54) is 32.1 Å². The Labute approximate surface area is 123 Å². The van der Waals surface area contributed by atoms with Crippen LogP contribution in [0.25, 0.3) is 0 Å². The zero-order valence-corrected chi connectivity index (χ0v) is 13.2. The highest BCUT2D eigenvalue weighted by Crippen LogP contribution is 2.27. The van der Waals surface area contributed by atoms with Crippen LogP contribution in [0.5, 0.6) is 0 Å². The molecule has 4 heteroatoms. The molecule has 0 aromatic rings. The Morgan fingerprint density at radius 2 is 2.15 bits per heavy atom. The minimum Gasteiger partial charge on any atom is -0.353 e. The number of hydrogen-bond donors (Lipinski definition) is 2. The number of carbonyl (C=O) groups is 1. The van der Waals surface area contributed by atoms with Crippen molar-refractivity contribution in [3.05, 3.63) is 0 Å². The van der Waals surface area contributed by atoms with Crippen molar-refractivity contribution in [2.24, 2.45) is 0 Å². The van der Waals surface area contributed by atoms with Crippen molar-refractivity contribution in [3.63, 3.8) is 0 Å². The summed E-state index contributed by atoms with van der Waals surface area (Å²) in [5.41, 5.74) is 0. The second kappa shape index (κ2) is 7.99. The van der Waals surface area contributed by atoms with E-state index >= 15 is 0 Å². The van der Waals surface area contributed by atoms with Crippen LogP contribution in [0.15, 0.2) is 0 Å². The molecule has 2 N–H and O–H groups in total. The van der Waals surface area contributed by atoms with Crippen molar-refractivity contribution < 1.29 is 4.79 Å². The molecule has 2 atom stereocenters. The first-order valence-corrected chi connectivity index (χ1v) is 8.45. The maximum Gasteiger partial charge on any atom is 0.234 e. The standard InChI is InChI=1S/C16H31N3O/c1-3-6-13(2)18-16(20)12-19(15-8-9-15)11-14-7-4-5-10-17-14/h13-15,17H,3-12H2,1-2H3,(H,18,20). The number of rotatable bonds is 8. The fourth-order valence-corrected chi connectivity index (χ4v) is 3.16. The van der Waals surface area contributed by atoms with Crippen molar-refractivity contribution in [2.75, 3.05) is 19.6 Å². The molecule has 1 saturated carbocycles. The number of nitrogens with zero attached hydrogens (tertiary/aromatic N) is 1. The van der Waals surface area contributed by atoms with E-state index in [0.29, 0.717) is 24.7 Å². The number of nitrogens with one attached hydrogen (secondary N) is 2. The molecule has 2 aliphatic rings. The average molecular weight is 281 g/mol. The first kappa shape index (κ1) is 15.8. The molecular formula is C16H31N3O. The van der Waals surface area contributed by atoms with Gasteiger partial charge in [-0.2, -0.15) is 0 Å². The number of carbonyl (C=O) groups excluding carboxylic acids is 1. The maximum absolute atomic E-state index is 12.1. The molecule has 0 radical (unpaired) electrons. The highest BCUT2D eigenvalue weighted by atomic mass is 16.2. The topological polar surface area (TPSA) is 44.4 Å². The minimum atomic E-state index is 0.202. The summed E-state index contributed by atoms with van der Waals surface area (Å²) in [6.45, 7) is 7.03. The van der Waals surface area contributed by atoms with Gasteiger partial charge in [-0.05, 0) is 45.6 Å². The molecule has 0 aromatic heterocycles. The first-order valence-electron chi connectivity index (χ1n) is 8.45. The van der Waals surface area contributed by atoms with E-state index in [-0.39, 0.29) is 5.91 Å². The lowest BCUT2D eigenvalue weighted by molar-refractivity contribution is -0.123. The summed E-state index contributed by atoms with van der Waals surface area (Å²) >= 11 is 0. The third-order valence-electron chi connectivity index (χ3n) is 4.41. The fourth-order valence-electron chi connectivity index (χ4n) is 3.16. The predicted octanol–water partition coefficient (Wildman–Crippen LogP) is 1.90. The first-order chi connectivity index (χ1) is 9.69. The molecule has 1 aliphatic heterocycles. The molecule has 1 amide bonds. The summed E-state index contributed by atoms with van der Waals surface area (Å²) in [7, 11) is 0. The van der Waals surface area contributed by atoms with Crippen molar-refractivity contribution in [1.82, 2.24) is 15.5 Å². The zero-order chi connectivity index (χ0) is 14.4. The molecule has 1 heterocycles. The van der Waals surface area contributed by atoms with Crippen molar-refractivity contribution >= 4 is 5.91 Å². The van der Waals surface area contributed by atoms with Gasteiger partial charge < -0.3 is 10.6 Å². The molecule has 0 bridgehead atoms. The second-order valence-electron chi connectivity index (χ2n) is 6.56. The van der Waals surface area contributed by atoms with E-state index in [9.17, 15) is 4.79 Å². The van der Waals surface area contributed by atoms with E-state index in [1.54, 1.807) is 0 Å². The van der Waals surface area contributed by atoms with Gasteiger partial charge in [0.2, 0.25) is 5.91 Å². The molecule has 4 nitrogen and oxygen atoms in total. The highest BCUT2D eigenvalue weighted by Gasteiger charge is 2.32. The van der Waals surface area contributed by atoms with Gasteiger partial charge in [0, 0.05) is 24.7 Å². The third kappa shape index (κ3) is 5.41. The molecule has 20 heavy (non-hydrogen) atoms. The van der Waals surface area contributed by atoms with Crippen LogP contribution in [0, 0.1) is 0 Å². The fraction of sp³-hybridized carbons (Fsp3) is 0.938.